The minimum absolute atomic E-state index is 0.477. The molecule has 0 fully saturated rings. The molecule has 4 heteroatoms. The minimum Gasteiger partial charge on any atom is -0.383 e. The lowest BCUT2D eigenvalue weighted by Crippen LogP contribution is -2.00. The molecule has 2 aromatic rings. The Morgan fingerprint density at radius 1 is 1.11 bits per heavy atom. The predicted octanol–water partition coefficient (Wildman–Crippen LogP) is 3.92. The Morgan fingerprint density at radius 2 is 1.72 bits per heavy atom. The zero-order valence-electron chi connectivity index (χ0n) is 10.7. The highest BCUT2D eigenvalue weighted by molar-refractivity contribution is 9.10. The number of hydrogen-bond acceptors (Lipinski definition) is 3. The van der Waals surface area contributed by atoms with Crippen molar-refractivity contribution in [3.8, 4) is 11.4 Å². The maximum Gasteiger partial charge on any atom is 0.161 e. The molecule has 0 aliphatic carbocycles. The Kier molecular flexibility index (Phi) is 3.66. The number of nitrogens with zero attached hydrogens (tertiary/aromatic N) is 2. The topological polar surface area (TPSA) is 51.8 Å². The molecule has 0 radical (unpaired) electrons. The SMILES string of the molecule is Cc1nc(-c2ccc(C(C)C)cc2)nc(N)c1Br. The van der Waals surface area contributed by atoms with Gasteiger partial charge in [0.25, 0.3) is 0 Å². The molecule has 0 unspecified atom stereocenters. The Morgan fingerprint density at radius 3 is 2.22 bits per heavy atom. The third-order valence-corrected chi connectivity index (χ3v) is 3.86. The van der Waals surface area contributed by atoms with Gasteiger partial charge in [0.1, 0.15) is 5.82 Å². The summed E-state index contributed by atoms with van der Waals surface area (Å²) < 4.78 is 0.769. The van der Waals surface area contributed by atoms with Crippen molar-refractivity contribution < 1.29 is 0 Å². The normalized spacial score (nSPS) is 10.9. The molecule has 0 saturated carbocycles. The van der Waals surface area contributed by atoms with Crippen LogP contribution in [0.3, 0.4) is 0 Å². The smallest absolute Gasteiger partial charge is 0.161 e. The molecule has 0 aliphatic heterocycles. The van der Waals surface area contributed by atoms with Crippen LogP contribution in [0.25, 0.3) is 11.4 Å². The van der Waals surface area contributed by atoms with Crippen molar-refractivity contribution in [3.63, 3.8) is 0 Å². The molecule has 1 heterocycles. The Balaban J connectivity index is 2.43. The molecular weight excluding hydrogens is 290 g/mol. The van der Waals surface area contributed by atoms with Crippen LogP contribution in [-0.4, -0.2) is 9.97 Å². The van der Waals surface area contributed by atoms with E-state index in [0.717, 1.165) is 15.7 Å². The number of halogens is 1. The summed E-state index contributed by atoms with van der Waals surface area (Å²) in [6.07, 6.45) is 0. The van der Waals surface area contributed by atoms with Crippen LogP contribution in [0.4, 0.5) is 5.82 Å². The van der Waals surface area contributed by atoms with Crippen molar-refractivity contribution in [2.75, 3.05) is 5.73 Å². The van der Waals surface area contributed by atoms with E-state index in [9.17, 15) is 0 Å². The number of rotatable bonds is 2. The van der Waals surface area contributed by atoms with E-state index in [4.69, 9.17) is 5.73 Å². The zero-order chi connectivity index (χ0) is 13.3. The number of nitrogens with two attached hydrogens (primary N) is 1. The standard InChI is InChI=1S/C14H16BrN3/c1-8(2)10-4-6-11(7-5-10)14-17-9(3)12(15)13(16)18-14/h4-8H,1-3H3,(H2,16,17,18). The summed E-state index contributed by atoms with van der Waals surface area (Å²) in [5, 5.41) is 0. The van der Waals surface area contributed by atoms with Crippen molar-refractivity contribution in [2.45, 2.75) is 26.7 Å². The average Bonchev–Trinajstić information content (AvgIpc) is 2.35. The van der Waals surface area contributed by atoms with E-state index in [2.05, 4.69) is 51.9 Å². The fourth-order valence-corrected chi connectivity index (χ4v) is 1.90. The quantitative estimate of drug-likeness (QED) is 0.915. The number of aryl methyl sites for hydroxylation is 1. The van der Waals surface area contributed by atoms with Gasteiger partial charge >= 0.3 is 0 Å². The largest absolute Gasteiger partial charge is 0.383 e. The van der Waals surface area contributed by atoms with Gasteiger partial charge in [0.05, 0.1) is 10.2 Å². The third kappa shape index (κ3) is 2.53. The number of benzene rings is 1. The van der Waals surface area contributed by atoms with Gasteiger partial charge in [0.15, 0.2) is 5.82 Å². The lowest BCUT2D eigenvalue weighted by Gasteiger charge is -2.08. The minimum atomic E-state index is 0.477. The van der Waals surface area contributed by atoms with Crippen LogP contribution in [0.1, 0.15) is 31.0 Å². The lowest BCUT2D eigenvalue weighted by molar-refractivity contribution is 0.867. The summed E-state index contributed by atoms with van der Waals surface area (Å²) in [6.45, 7) is 6.26. The molecule has 1 aromatic heterocycles. The molecule has 94 valence electrons. The second-order valence-electron chi connectivity index (χ2n) is 4.61. The van der Waals surface area contributed by atoms with E-state index < -0.39 is 0 Å². The Labute approximate surface area is 116 Å². The summed E-state index contributed by atoms with van der Waals surface area (Å²) >= 11 is 3.37. The molecular formula is C14H16BrN3. The molecule has 0 aliphatic rings. The van der Waals surface area contributed by atoms with Crippen LogP contribution < -0.4 is 5.73 Å². The van der Waals surface area contributed by atoms with Crippen LogP contribution in [0.15, 0.2) is 28.7 Å². The maximum atomic E-state index is 5.84. The first-order chi connectivity index (χ1) is 8.49. The lowest BCUT2D eigenvalue weighted by atomic mass is 10.0. The van der Waals surface area contributed by atoms with Crippen LogP contribution in [0, 0.1) is 6.92 Å². The second-order valence-corrected chi connectivity index (χ2v) is 5.40. The molecule has 3 nitrogen and oxygen atoms in total. The molecule has 0 saturated heterocycles. The molecule has 18 heavy (non-hydrogen) atoms. The van der Waals surface area contributed by atoms with Gasteiger partial charge in [0, 0.05) is 5.56 Å². The number of nitrogen functional groups attached to an aromatic ring is 1. The van der Waals surface area contributed by atoms with Crippen molar-refractivity contribution in [2.24, 2.45) is 0 Å². The predicted molar refractivity (Wildman–Crippen MR) is 78.4 cm³/mol. The van der Waals surface area contributed by atoms with Crippen molar-refractivity contribution in [1.29, 1.82) is 0 Å². The Bertz CT molecular complexity index is 539. The summed E-state index contributed by atoms with van der Waals surface area (Å²) in [5.74, 6) is 1.67. The second kappa shape index (κ2) is 5.06. The highest BCUT2D eigenvalue weighted by Crippen LogP contribution is 2.25. The van der Waals surface area contributed by atoms with E-state index in [0.29, 0.717) is 17.6 Å². The first-order valence-corrected chi connectivity index (χ1v) is 6.68. The fraction of sp³-hybridized carbons (Fsp3) is 0.286. The van der Waals surface area contributed by atoms with Crippen LogP contribution in [0.5, 0.6) is 0 Å². The van der Waals surface area contributed by atoms with E-state index >= 15 is 0 Å². The molecule has 2 rings (SSSR count). The first-order valence-electron chi connectivity index (χ1n) is 5.89. The molecule has 0 amide bonds. The van der Waals surface area contributed by atoms with Gasteiger partial charge in [-0.05, 0) is 34.3 Å². The Hall–Kier alpha value is -1.42. The van der Waals surface area contributed by atoms with Crippen LogP contribution in [-0.2, 0) is 0 Å². The van der Waals surface area contributed by atoms with Gasteiger partial charge in [-0.15, -0.1) is 0 Å². The summed E-state index contributed by atoms with van der Waals surface area (Å²) in [6, 6.07) is 8.29. The zero-order valence-corrected chi connectivity index (χ0v) is 12.3. The van der Waals surface area contributed by atoms with E-state index in [1.165, 1.54) is 5.56 Å². The third-order valence-electron chi connectivity index (χ3n) is 2.88. The van der Waals surface area contributed by atoms with E-state index in [-0.39, 0.29) is 0 Å². The van der Waals surface area contributed by atoms with Gasteiger partial charge in [-0.3, -0.25) is 0 Å². The highest BCUT2D eigenvalue weighted by atomic mass is 79.9. The van der Waals surface area contributed by atoms with E-state index in [1.807, 2.05) is 19.1 Å². The van der Waals surface area contributed by atoms with Gasteiger partial charge in [-0.1, -0.05) is 38.1 Å². The van der Waals surface area contributed by atoms with Crippen molar-refractivity contribution in [1.82, 2.24) is 9.97 Å². The summed E-state index contributed by atoms with van der Waals surface area (Å²) in [7, 11) is 0. The molecule has 0 spiro atoms. The molecule has 0 bridgehead atoms. The molecule has 2 N–H and O–H groups in total. The average molecular weight is 306 g/mol. The van der Waals surface area contributed by atoms with Crippen molar-refractivity contribution >= 4 is 21.7 Å². The van der Waals surface area contributed by atoms with Crippen LogP contribution in [0.2, 0.25) is 0 Å². The molecule has 0 atom stereocenters. The maximum absolute atomic E-state index is 5.84. The summed E-state index contributed by atoms with van der Waals surface area (Å²) in [5.41, 5.74) is 8.98. The van der Waals surface area contributed by atoms with Gasteiger partial charge < -0.3 is 5.73 Å². The highest BCUT2D eigenvalue weighted by Gasteiger charge is 2.08. The van der Waals surface area contributed by atoms with Crippen LogP contribution >= 0.6 is 15.9 Å². The van der Waals surface area contributed by atoms with Gasteiger partial charge in [0.2, 0.25) is 0 Å². The monoisotopic (exact) mass is 305 g/mol. The number of hydrogen-bond donors (Lipinski definition) is 1. The van der Waals surface area contributed by atoms with Gasteiger partial charge in [-0.2, -0.15) is 0 Å². The van der Waals surface area contributed by atoms with Crippen molar-refractivity contribution in [3.05, 3.63) is 40.0 Å². The summed E-state index contributed by atoms with van der Waals surface area (Å²) in [4.78, 5) is 8.74. The van der Waals surface area contributed by atoms with E-state index in [1.54, 1.807) is 0 Å². The fourth-order valence-electron chi connectivity index (χ4n) is 1.73. The number of anilines is 1. The van der Waals surface area contributed by atoms with Gasteiger partial charge in [-0.25, -0.2) is 9.97 Å². The molecule has 1 aromatic carbocycles. The number of aromatic nitrogens is 2. The first kappa shape index (κ1) is 13.0.